The van der Waals surface area contributed by atoms with Gasteiger partial charge in [-0.05, 0) is 36.8 Å². The fourth-order valence-corrected chi connectivity index (χ4v) is 2.98. The monoisotopic (exact) mass is 364 g/mol. The minimum atomic E-state index is -0.460. The van der Waals surface area contributed by atoms with Gasteiger partial charge in [-0.15, -0.1) is 0 Å². The van der Waals surface area contributed by atoms with Crippen molar-refractivity contribution in [1.82, 2.24) is 24.5 Å². The van der Waals surface area contributed by atoms with E-state index in [4.69, 9.17) is 4.74 Å². The molecule has 0 saturated heterocycles. The second-order valence-electron chi connectivity index (χ2n) is 5.99. The number of ether oxygens (including phenoxy) is 1. The van der Waals surface area contributed by atoms with E-state index < -0.39 is 4.92 Å². The van der Waals surface area contributed by atoms with Crippen LogP contribution in [0.2, 0.25) is 0 Å². The van der Waals surface area contributed by atoms with Crippen molar-refractivity contribution in [3.05, 3.63) is 70.2 Å². The molecule has 136 valence electrons. The van der Waals surface area contributed by atoms with Gasteiger partial charge >= 0.3 is 5.69 Å². The lowest BCUT2D eigenvalue weighted by Crippen LogP contribution is -2.11. The molecule has 0 unspecified atom stereocenters. The largest absolute Gasteiger partial charge is 0.497 e. The first-order chi connectivity index (χ1) is 13.1. The molecular weight excluding hydrogens is 348 g/mol. The Labute approximate surface area is 154 Å². The van der Waals surface area contributed by atoms with Gasteiger partial charge in [0.25, 0.3) is 0 Å². The molecule has 3 heterocycles. The van der Waals surface area contributed by atoms with Gasteiger partial charge in [-0.1, -0.05) is 12.1 Å². The molecule has 0 N–H and O–H groups in total. The van der Waals surface area contributed by atoms with Crippen LogP contribution in [0.15, 0.2) is 48.8 Å². The van der Waals surface area contributed by atoms with Crippen molar-refractivity contribution in [1.29, 1.82) is 0 Å². The van der Waals surface area contributed by atoms with Crippen LogP contribution in [0.4, 0.5) is 5.69 Å². The van der Waals surface area contributed by atoms with Crippen LogP contribution < -0.4 is 4.74 Å². The Morgan fingerprint density at radius 2 is 2.00 bits per heavy atom. The number of methoxy groups -OCH3 is 1. The fourth-order valence-electron chi connectivity index (χ4n) is 2.98. The molecular formula is C18H16N6O3. The number of aryl methyl sites for hydroxylation is 1. The Morgan fingerprint density at radius 1 is 1.22 bits per heavy atom. The highest BCUT2D eigenvalue weighted by Crippen LogP contribution is 2.27. The summed E-state index contributed by atoms with van der Waals surface area (Å²) in [5.74, 6) is 1.01. The van der Waals surface area contributed by atoms with Crippen molar-refractivity contribution >= 4 is 16.7 Å². The minimum absolute atomic E-state index is 0.126. The zero-order valence-electron chi connectivity index (χ0n) is 14.7. The van der Waals surface area contributed by atoms with Crippen molar-refractivity contribution in [3.8, 4) is 11.6 Å². The third kappa shape index (κ3) is 2.88. The fraction of sp³-hybridized carbons (Fsp3) is 0.167. The molecule has 0 aliphatic heterocycles. The SMILES string of the molecule is COc1ccc(Cn2ncc([N+](=O)[O-])c2-n2nc(C)c3cccnc32)cc1. The molecule has 3 aromatic heterocycles. The lowest BCUT2D eigenvalue weighted by Gasteiger charge is -2.08. The molecule has 0 atom stereocenters. The summed E-state index contributed by atoms with van der Waals surface area (Å²) < 4.78 is 8.21. The van der Waals surface area contributed by atoms with E-state index in [9.17, 15) is 10.1 Å². The van der Waals surface area contributed by atoms with E-state index in [2.05, 4.69) is 15.2 Å². The first-order valence-corrected chi connectivity index (χ1v) is 8.22. The summed E-state index contributed by atoms with van der Waals surface area (Å²) in [6.07, 6.45) is 2.88. The van der Waals surface area contributed by atoms with E-state index in [1.165, 1.54) is 10.9 Å². The van der Waals surface area contributed by atoms with Crippen LogP contribution in [-0.2, 0) is 6.54 Å². The normalized spacial score (nSPS) is 11.0. The van der Waals surface area contributed by atoms with Crippen LogP contribution in [0, 0.1) is 17.0 Å². The molecule has 0 aliphatic rings. The molecule has 0 bridgehead atoms. The van der Waals surface area contributed by atoms with Crippen molar-refractivity contribution in [2.75, 3.05) is 7.11 Å². The van der Waals surface area contributed by atoms with Crippen LogP contribution >= 0.6 is 0 Å². The number of benzene rings is 1. The standard InChI is InChI=1S/C18H16N6O3/c1-12-15-4-3-9-19-17(15)23(21-12)18-16(24(25)26)10-20-22(18)11-13-5-7-14(27-2)8-6-13/h3-10H,11H2,1-2H3. The second kappa shape index (κ2) is 6.52. The summed E-state index contributed by atoms with van der Waals surface area (Å²) in [6, 6.07) is 11.1. The lowest BCUT2D eigenvalue weighted by molar-refractivity contribution is -0.384. The summed E-state index contributed by atoms with van der Waals surface area (Å²) in [5.41, 5.74) is 2.09. The van der Waals surface area contributed by atoms with Gasteiger partial charge < -0.3 is 4.74 Å². The van der Waals surface area contributed by atoms with Gasteiger partial charge in [-0.3, -0.25) is 10.1 Å². The number of fused-ring (bicyclic) bond motifs is 1. The molecule has 0 amide bonds. The molecule has 9 heteroatoms. The van der Waals surface area contributed by atoms with E-state index in [1.54, 1.807) is 18.0 Å². The van der Waals surface area contributed by atoms with Crippen LogP contribution in [0.1, 0.15) is 11.3 Å². The van der Waals surface area contributed by atoms with E-state index in [1.807, 2.05) is 43.3 Å². The Bertz CT molecular complexity index is 1130. The van der Waals surface area contributed by atoms with Gasteiger partial charge in [0.15, 0.2) is 5.65 Å². The molecule has 1 aromatic carbocycles. The zero-order valence-corrected chi connectivity index (χ0v) is 14.7. The molecule has 0 aliphatic carbocycles. The molecule has 0 spiro atoms. The number of nitro groups is 1. The van der Waals surface area contributed by atoms with Crippen LogP contribution in [0.25, 0.3) is 16.9 Å². The molecule has 0 fully saturated rings. The maximum absolute atomic E-state index is 11.6. The Morgan fingerprint density at radius 3 is 2.70 bits per heavy atom. The zero-order chi connectivity index (χ0) is 19.0. The summed E-state index contributed by atoms with van der Waals surface area (Å²) in [4.78, 5) is 15.5. The average molecular weight is 364 g/mol. The van der Waals surface area contributed by atoms with Gasteiger partial charge in [0.2, 0.25) is 5.82 Å². The highest BCUT2D eigenvalue weighted by Gasteiger charge is 2.25. The molecule has 27 heavy (non-hydrogen) atoms. The van der Waals surface area contributed by atoms with Gasteiger partial charge in [-0.2, -0.15) is 14.9 Å². The van der Waals surface area contributed by atoms with Crippen molar-refractivity contribution in [2.24, 2.45) is 0 Å². The first-order valence-electron chi connectivity index (χ1n) is 8.22. The van der Waals surface area contributed by atoms with E-state index >= 15 is 0 Å². The topological polar surface area (TPSA) is 101 Å². The summed E-state index contributed by atoms with van der Waals surface area (Å²) in [5, 5.41) is 21.1. The third-order valence-electron chi connectivity index (χ3n) is 4.31. The number of nitrogens with zero attached hydrogens (tertiary/aromatic N) is 6. The highest BCUT2D eigenvalue weighted by molar-refractivity contribution is 5.79. The molecule has 0 radical (unpaired) electrons. The summed E-state index contributed by atoms with van der Waals surface area (Å²) in [7, 11) is 1.60. The first kappa shape index (κ1) is 16.7. The Kier molecular flexibility index (Phi) is 4.03. The van der Waals surface area contributed by atoms with Gasteiger partial charge in [0.05, 0.1) is 24.3 Å². The number of hydrogen-bond donors (Lipinski definition) is 0. The van der Waals surface area contributed by atoms with Crippen molar-refractivity contribution < 1.29 is 9.66 Å². The molecule has 0 saturated carbocycles. The third-order valence-corrected chi connectivity index (χ3v) is 4.31. The highest BCUT2D eigenvalue weighted by atomic mass is 16.6. The maximum Gasteiger partial charge on any atom is 0.333 e. The maximum atomic E-state index is 11.6. The Balaban J connectivity index is 1.85. The van der Waals surface area contributed by atoms with Crippen LogP contribution in [-0.4, -0.2) is 36.6 Å². The lowest BCUT2D eigenvalue weighted by atomic mass is 10.2. The molecule has 9 nitrogen and oxygen atoms in total. The van der Waals surface area contributed by atoms with E-state index in [0.717, 1.165) is 22.4 Å². The minimum Gasteiger partial charge on any atom is -0.497 e. The van der Waals surface area contributed by atoms with Crippen molar-refractivity contribution in [2.45, 2.75) is 13.5 Å². The summed E-state index contributed by atoms with van der Waals surface area (Å²) >= 11 is 0. The van der Waals surface area contributed by atoms with E-state index in [0.29, 0.717) is 12.2 Å². The molecule has 4 aromatic rings. The smallest absolute Gasteiger partial charge is 0.333 e. The number of rotatable bonds is 5. The average Bonchev–Trinajstić information content (AvgIpc) is 3.24. The van der Waals surface area contributed by atoms with Gasteiger partial charge in [0, 0.05) is 11.6 Å². The molecule has 4 rings (SSSR count). The van der Waals surface area contributed by atoms with Crippen LogP contribution in [0.5, 0.6) is 5.75 Å². The second-order valence-corrected chi connectivity index (χ2v) is 5.99. The van der Waals surface area contributed by atoms with Crippen molar-refractivity contribution in [3.63, 3.8) is 0 Å². The van der Waals surface area contributed by atoms with E-state index in [-0.39, 0.29) is 11.5 Å². The Hall–Kier alpha value is -3.75. The number of pyridine rings is 1. The number of hydrogen-bond acceptors (Lipinski definition) is 6. The predicted molar refractivity (Wildman–Crippen MR) is 98.1 cm³/mol. The predicted octanol–water partition coefficient (Wildman–Crippen LogP) is 2.89. The van der Waals surface area contributed by atoms with Crippen LogP contribution in [0.3, 0.4) is 0 Å². The number of aromatic nitrogens is 5. The quantitative estimate of drug-likeness (QED) is 0.399. The summed E-state index contributed by atoms with van der Waals surface area (Å²) in [6.45, 7) is 2.19. The van der Waals surface area contributed by atoms with Gasteiger partial charge in [-0.25, -0.2) is 9.67 Å². The van der Waals surface area contributed by atoms with Gasteiger partial charge in [0.1, 0.15) is 11.9 Å².